The second kappa shape index (κ2) is 7.82. The van der Waals surface area contributed by atoms with Crippen molar-refractivity contribution in [2.24, 2.45) is 16.8 Å². The Bertz CT molecular complexity index is 1070. The third-order valence-corrected chi connectivity index (χ3v) is 5.43. The maximum absolute atomic E-state index is 11.9. The highest BCUT2D eigenvalue weighted by molar-refractivity contribution is 6.32. The number of likely N-dealkylation sites (N-methyl/N-ethyl adjacent to an activating group) is 1. The van der Waals surface area contributed by atoms with Crippen molar-refractivity contribution in [3.05, 3.63) is 23.6 Å². The lowest BCUT2D eigenvalue weighted by molar-refractivity contribution is -0.123. The quantitative estimate of drug-likeness (QED) is 0.511. The first kappa shape index (κ1) is 19.4. The molecule has 0 aliphatic heterocycles. The molecule has 2 atom stereocenters. The smallest absolute Gasteiger partial charge is 0.244 e. The van der Waals surface area contributed by atoms with Crippen LogP contribution in [0.3, 0.4) is 0 Å². The Morgan fingerprint density at radius 2 is 2.21 bits per heavy atom. The van der Waals surface area contributed by atoms with Gasteiger partial charge in [-0.05, 0) is 37.7 Å². The zero-order chi connectivity index (χ0) is 20.5. The molecule has 2 unspecified atom stereocenters. The van der Waals surface area contributed by atoms with Crippen molar-refractivity contribution in [1.82, 2.24) is 30.0 Å². The summed E-state index contributed by atoms with van der Waals surface area (Å²) in [5, 5.41) is 11.0. The number of aromatic nitrogens is 5. The Morgan fingerprint density at radius 1 is 1.41 bits per heavy atom. The van der Waals surface area contributed by atoms with Crippen LogP contribution in [0.2, 0.25) is 5.15 Å². The van der Waals surface area contributed by atoms with Crippen LogP contribution in [0.15, 0.2) is 23.5 Å². The van der Waals surface area contributed by atoms with Crippen molar-refractivity contribution in [2.75, 3.05) is 12.4 Å². The minimum absolute atomic E-state index is 0.166. The van der Waals surface area contributed by atoms with Crippen LogP contribution in [0.25, 0.3) is 11.0 Å². The molecular formula is C19H23ClN8O. The van der Waals surface area contributed by atoms with Crippen LogP contribution in [0, 0.1) is 11.8 Å². The first-order valence-corrected chi connectivity index (χ1v) is 9.96. The molecule has 1 saturated carbocycles. The summed E-state index contributed by atoms with van der Waals surface area (Å²) in [7, 11) is 1.58. The van der Waals surface area contributed by atoms with Gasteiger partial charge in [-0.15, -0.1) is 0 Å². The minimum atomic E-state index is -0.496. The van der Waals surface area contributed by atoms with Gasteiger partial charge in [0.05, 0.1) is 17.3 Å². The van der Waals surface area contributed by atoms with Gasteiger partial charge in [0.25, 0.3) is 0 Å². The predicted molar refractivity (Wildman–Crippen MR) is 113 cm³/mol. The maximum atomic E-state index is 11.9. The molecule has 0 radical (unpaired) electrons. The summed E-state index contributed by atoms with van der Waals surface area (Å²) in [5.74, 6) is 1.93. The summed E-state index contributed by atoms with van der Waals surface area (Å²) >= 11 is 6.25. The average molecular weight is 415 g/mol. The summed E-state index contributed by atoms with van der Waals surface area (Å²) in [6, 6.07) is 1.41. The molecule has 29 heavy (non-hydrogen) atoms. The fourth-order valence-electron chi connectivity index (χ4n) is 3.11. The highest BCUT2D eigenvalue weighted by Crippen LogP contribution is 2.36. The van der Waals surface area contributed by atoms with Crippen LogP contribution >= 0.6 is 11.6 Å². The molecule has 1 aliphatic rings. The normalized spacial score (nSPS) is 16.3. The van der Waals surface area contributed by atoms with Crippen molar-refractivity contribution < 1.29 is 4.79 Å². The Morgan fingerprint density at radius 3 is 2.93 bits per heavy atom. The molecule has 3 heterocycles. The summed E-state index contributed by atoms with van der Waals surface area (Å²) in [6.45, 7) is 3.92. The highest BCUT2D eigenvalue weighted by Gasteiger charge is 2.26. The van der Waals surface area contributed by atoms with E-state index in [1.807, 2.05) is 18.5 Å². The fourth-order valence-corrected chi connectivity index (χ4v) is 3.30. The number of anilines is 2. The van der Waals surface area contributed by atoms with E-state index in [0.29, 0.717) is 29.0 Å². The molecule has 4 rings (SSSR count). The number of aliphatic imine (C=N–C) groups is 1. The fraction of sp³-hybridized carbons (Fsp3) is 0.421. The van der Waals surface area contributed by atoms with Crippen LogP contribution in [0.1, 0.15) is 32.7 Å². The predicted octanol–water partition coefficient (Wildman–Crippen LogP) is 3.61. The van der Waals surface area contributed by atoms with Gasteiger partial charge in [0.2, 0.25) is 11.9 Å². The standard InChI is InChI=1S/C19H23ClN8O/c1-10(12-4-5-12)8-23-17-13-6-7-22-16(13)25-19(26-17)24-14-9-28(27-15(14)20)11(2)18(29)21-3/h6-12H,4-5H2,1-3H3,(H,21,29)(H2,22,24,25,26)/b23-8-. The summed E-state index contributed by atoms with van der Waals surface area (Å²) in [6.07, 6.45) is 7.96. The summed E-state index contributed by atoms with van der Waals surface area (Å²) < 4.78 is 1.49. The van der Waals surface area contributed by atoms with E-state index < -0.39 is 6.04 Å². The van der Waals surface area contributed by atoms with Gasteiger partial charge in [0, 0.05) is 19.5 Å². The number of H-pyrrole nitrogens is 1. The molecule has 10 heteroatoms. The number of hydrogen-bond donors (Lipinski definition) is 3. The van der Waals surface area contributed by atoms with E-state index in [0.717, 1.165) is 11.3 Å². The van der Waals surface area contributed by atoms with E-state index in [9.17, 15) is 4.79 Å². The number of carbonyl (C=O) groups excluding carboxylic acids is 1. The summed E-state index contributed by atoms with van der Waals surface area (Å²) in [5.41, 5.74) is 1.19. The number of aromatic amines is 1. The van der Waals surface area contributed by atoms with E-state index in [-0.39, 0.29) is 11.1 Å². The number of fused-ring (bicyclic) bond motifs is 1. The topological polar surface area (TPSA) is 113 Å². The first-order valence-electron chi connectivity index (χ1n) is 9.59. The van der Waals surface area contributed by atoms with Crippen LogP contribution in [0.5, 0.6) is 0 Å². The van der Waals surface area contributed by atoms with E-state index in [4.69, 9.17) is 11.6 Å². The lowest BCUT2D eigenvalue weighted by Gasteiger charge is -2.09. The third kappa shape index (κ3) is 4.09. The molecule has 3 N–H and O–H groups in total. The third-order valence-electron chi connectivity index (χ3n) is 5.15. The number of nitrogens with zero attached hydrogens (tertiary/aromatic N) is 5. The summed E-state index contributed by atoms with van der Waals surface area (Å²) in [4.78, 5) is 28.6. The Kier molecular flexibility index (Phi) is 5.23. The minimum Gasteiger partial charge on any atom is -0.357 e. The van der Waals surface area contributed by atoms with Gasteiger partial charge < -0.3 is 15.6 Å². The van der Waals surface area contributed by atoms with Crippen molar-refractivity contribution >= 4 is 52.2 Å². The zero-order valence-corrected chi connectivity index (χ0v) is 17.2. The van der Waals surface area contributed by atoms with E-state index in [1.54, 1.807) is 20.2 Å². The number of halogens is 1. The van der Waals surface area contributed by atoms with Gasteiger partial charge >= 0.3 is 0 Å². The molecule has 0 aromatic carbocycles. The van der Waals surface area contributed by atoms with Gasteiger partial charge in [-0.2, -0.15) is 15.1 Å². The average Bonchev–Trinajstić information content (AvgIpc) is 3.36. The molecular weight excluding hydrogens is 392 g/mol. The maximum Gasteiger partial charge on any atom is 0.244 e. The van der Waals surface area contributed by atoms with Gasteiger partial charge in [0.1, 0.15) is 11.7 Å². The molecule has 152 valence electrons. The first-order chi connectivity index (χ1) is 14.0. The van der Waals surface area contributed by atoms with Crippen LogP contribution in [0.4, 0.5) is 17.5 Å². The van der Waals surface area contributed by atoms with Gasteiger partial charge in [0.15, 0.2) is 11.0 Å². The second-order valence-corrected chi connectivity index (χ2v) is 7.67. The monoisotopic (exact) mass is 414 g/mol. The Labute approximate surface area is 173 Å². The molecule has 0 bridgehead atoms. The van der Waals surface area contributed by atoms with Crippen molar-refractivity contribution in [3.63, 3.8) is 0 Å². The van der Waals surface area contributed by atoms with Crippen LogP contribution < -0.4 is 10.6 Å². The number of rotatable bonds is 7. The molecule has 1 amide bonds. The van der Waals surface area contributed by atoms with Crippen molar-refractivity contribution in [1.29, 1.82) is 0 Å². The van der Waals surface area contributed by atoms with Gasteiger partial charge in [-0.1, -0.05) is 18.5 Å². The molecule has 3 aromatic heterocycles. The van der Waals surface area contributed by atoms with Crippen LogP contribution in [-0.4, -0.2) is 43.9 Å². The molecule has 9 nitrogen and oxygen atoms in total. The Balaban J connectivity index is 1.61. The lowest BCUT2D eigenvalue weighted by atomic mass is 10.1. The molecule has 3 aromatic rings. The number of amides is 1. The lowest BCUT2D eigenvalue weighted by Crippen LogP contribution is -2.28. The SMILES string of the molecule is CNC(=O)C(C)n1cc(Nc2nc(/N=C\C(C)C3CC3)c3cc[nH]c3n2)c(Cl)n1. The van der Waals surface area contributed by atoms with Crippen molar-refractivity contribution in [3.8, 4) is 0 Å². The molecule has 0 spiro atoms. The highest BCUT2D eigenvalue weighted by atomic mass is 35.5. The van der Waals surface area contributed by atoms with E-state index in [1.165, 1.54) is 17.5 Å². The van der Waals surface area contributed by atoms with Crippen LogP contribution in [-0.2, 0) is 4.79 Å². The Hall–Kier alpha value is -2.94. The second-order valence-electron chi connectivity index (χ2n) is 7.31. The van der Waals surface area contributed by atoms with E-state index in [2.05, 4.69) is 42.6 Å². The number of hydrogen-bond acceptors (Lipinski definition) is 6. The van der Waals surface area contributed by atoms with Gasteiger partial charge in [-0.25, -0.2) is 4.99 Å². The molecule has 1 aliphatic carbocycles. The van der Waals surface area contributed by atoms with E-state index >= 15 is 0 Å². The van der Waals surface area contributed by atoms with Gasteiger partial charge in [-0.3, -0.25) is 9.48 Å². The number of carbonyl (C=O) groups is 1. The largest absolute Gasteiger partial charge is 0.357 e. The molecule has 1 fully saturated rings. The molecule has 0 saturated heterocycles. The number of nitrogens with one attached hydrogen (secondary N) is 3. The van der Waals surface area contributed by atoms with Crippen molar-refractivity contribution in [2.45, 2.75) is 32.7 Å². The zero-order valence-electron chi connectivity index (χ0n) is 16.5.